The molecule has 0 spiro atoms. The zero-order valence-corrected chi connectivity index (χ0v) is 11.9. The Morgan fingerprint density at radius 1 is 1.05 bits per heavy atom. The van der Waals surface area contributed by atoms with Crippen LogP contribution in [0.4, 0.5) is 8.78 Å². The van der Waals surface area contributed by atoms with E-state index in [0.29, 0.717) is 5.92 Å². The summed E-state index contributed by atoms with van der Waals surface area (Å²) in [6.45, 7) is 1.60. The second kappa shape index (κ2) is 5.23. The maximum atomic E-state index is 13.5. The standard InChI is InChI=1S/C18H18F2O/c1-18(21,13-9-14(19)11-15(20)10-13)17-8-3-2-7-16(17)12-5-4-6-12/h2-3,7-12,21H,4-6H2,1H3. The lowest BCUT2D eigenvalue weighted by Crippen LogP contribution is -2.26. The molecule has 1 aliphatic carbocycles. The van der Waals surface area contributed by atoms with Crippen LogP contribution in [0.25, 0.3) is 0 Å². The summed E-state index contributed by atoms with van der Waals surface area (Å²) in [4.78, 5) is 0. The molecular formula is C18H18F2O. The Balaban J connectivity index is 2.09. The lowest BCUT2D eigenvalue weighted by molar-refractivity contribution is 0.0993. The zero-order valence-electron chi connectivity index (χ0n) is 11.9. The van der Waals surface area contributed by atoms with Gasteiger partial charge in [-0.15, -0.1) is 0 Å². The third kappa shape index (κ3) is 2.58. The molecule has 1 unspecified atom stereocenters. The Bertz CT molecular complexity index is 640. The molecular weight excluding hydrogens is 270 g/mol. The summed E-state index contributed by atoms with van der Waals surface area (Å²) in [5, 5.41) is 10.9. The van der Waals surface area contributed by atoms with Crippen LogP contribution < -0.4 is 0 Å². The molecule has 0 aromatic heterocycles. The van der Waals surface area contributed by atoms with Gasteiger partial charge in [-0.05, 0) is 54.5 Å². The molecule has 0 radical (unpaired) electrons. The van der Waals surface area contributed by atoms with Crippen LogP contribution in [0.2, 0.25) is 0 Å². The average molecular weight is 288 g/mol. The van der Waals surface area contributed by atoms with Gasteiger partial charge < -0.3 is 5.11 Å². The summed E-state index contributed by atoms with van der Waals surface area (Å²) in [6.07, 6.45) is 3.39. The normalized spacial score (nSPS) is 18.1. The van der Waals surface area contributed by atoms with Gasteiger partial charge in [-0.25, -0.2) is 8.78 Å². The maximum Gasteiger partial charge on any atom is 0.126 e. The molecule has 1 fully saturated rings. The molecule has 0 heterocycles. The number of benzene rings is 2. The minimum absolute atomic E-state index is 0.242. The predicted molar refractivity (Wildman–Crippen MR) is 78.1 cm³/mol. The number of hydrogen-bond donors (Lipinski definition) is 1. The highest BCUT2D eigenvalue weighted by molar-refractivity contribution is 5.42. The maximum absolute atomic E-state index is 13.5. The number of rotatable bonds is 3. The average Bonchev–Trinajstić information content (AvgIpc) is 2.36. The molecule has 1 atom stereocenters. The van der Waals surface area contributed by atoms with Crippen LogP contribution in [0.5, 0.6) is 0 Å². The number of aliphatic hydroxyl groups is 1. The second-order valence-electron chi connectivity index (χ2n) is 5.95. The molecule has 3 heteroatoms. The molecule has 1 aliphatic rings. The molecule has 2 aromatic carbocycles. The van der Waals surface area contributed by atoms with Crippen LogP contribution >= 0.6 is 0 Å². The van der Waals surface area contributed by atoms with Crippen molar-refractivity contribution < 1.29 is 13.9 Å². The fraction of sp³-hybridized carbons (Fsp3) is 0.333. The molecule has 2 aromatic rings. The molecule has 1 saturated carbocycles. The minimum atomic E-state index is -1.41. The Morgan fingerprint density at radius 2 is 1.67 bits per heavy atom. The largest absolute Gasteiger partial charge is 0.381 e. The van der Waals surface area contributed by atoms with E-state index in [9.17, 15) is 13.9 Å². The van der Waals surface area contributed by atoms with Crippen molar-refractivity contribution in [2.75, 3.05) is 0 Å². The van der Waals surface area contributed by atoms with Crippen LogP contribution in [0, 0.1) is 11.6 Å². The van der Waals surface area contributed by atoms with Gasteiger partial charge in [-0.2, -0.15) is 0 Å². The van der Waals surface area contributed by atoms with Crippen molar-refractivity contribution in [2.45, 2.75) is 37.7 Å². The van der Waals surface area contributed by atoms with Crippen molar-refractivity contribution in [2.24, 2.45) is 0 Å². The topological polar surface area (TPSA) is 20.2 Å². The molecule has 0 aliphatic heterocycles. The van der Waals surface area contributed by atoms with Crippen LogP contribution in [-0.4, -0.2) is 5.11 Å². The number of hydrogen-bond acceptors (Lipinski definition) is 1. The molecule has 3 rings (SSSR count). The molecule has 1 nitrogen and oxygen atoms in total. The van der Waals surface area contributed by atoms with E-state index in [-0.39, 0.29) is 5.56 Å². The highest BCUT2D eigenvalue weighted by Gasteiger charge is 2.32. The summed E-state index contributed by atoms with van der Waals surface area (Å²) in [5.41, 5.74) is 0.652. The second-order valence-corrected chi connectivity index (χ2v) is 5.95. The third-order valence-corrected chi connectivity index (χ3v) is 4.45. The molecule has 0 bridgehead atoms. The van der Waals surface area contributed by atoms with Crippen molar-refractivity contribution in [3.05, 3.63) is 70.8 Å². The Labute approximate surface area is 123 Å². The van der Waals surface area contributed by atoms with Crippen LogP contribution in [0.1, 0.15) is 48.8 Å². The Hall–Kier alpha value is -1.74. The summed E-state index contributed by atoms with van der Waals surface area (Å²) >= 11 is 0. The zero-order chi connectivity index (χ0) is 15.0. The highest BCUT2D eigenvalue weighted by Crippen LogP contribution is 2.42. The minimum Gasteiger partial charge on any atom is -0.381 e. The van der Waals surface area contributed by atoms with Crippen molar-refractivity contribution >= 4 is 0 Å². The molecule has 0 amide bonds. The van der Waals surface area contributed by atoms with Crippen LogP contribution in [-0.2, 0) is 5.60 Å². The lowest BCUT2D eigenvalue weighted by atomic mass is 9.74. The van der Waals surface area contributed by atoms with Gasteiger partial charge in [0.25, 0.3) is 0 Å². The first-order valence-electron chi connectivity index (χ1n) is 7.27. The van der Waals surface area contributed by atoms with E-state index >= 15 is 0 Å². The monoisotopic (exact) mass is 288 g/mol. The first-order valence-corrected chi connectivity index (χ1v) is 7.27. The summed E-state index contributed by atoms with van der Waals surface area (Å²) in [6, 6.07) is 10.8. The molecule has 21 heavy (non-hydrogen) atoms. The van der Waals surface area contributed by atoms with E-state index in [1.807, 2.05) is 24.3 Å². The molecule has 110 valence electrons. The van der Waals surface area contributed by atoms with Gasteiger partial charge in [0, 0.05) is 6.07 Å². The van der Waals surface area contributed by atoms with Crippen molar-refractivity contribution in [1.82, 2.24) is 0 Å². The fourth-order valence-electron chi connectivity index (χ4n) is 3.01. The van der Waals surface area contributed by atoms with E-state index < -0.39 is 17.2 Å². The van der Waals surface area contributed by atoms with E-state index in [1.54, 1.807) is 6.92 Å². The smallest absolute Gasteiger partial charge is 0.126 e. The van der Waals surface area contributed by atoms with E-state index in [2.05, 4.69) is 0 Å². The summed E-state index contributed by atoms with van der Waals surface area (Å²) in [5.74, 6) is -0.913. The quantitative estimate of drug-likeness (QED) is 0.882. The van der Waals surface area contributed by atoms with Gasteiger partial charge in [0.15, 0.2) is 0 Å². The highest BCUT2D eigenvalue weighted by atomic mass is 19.1. The first-order chi connectivity index (χ1) is 9.98. The van der Waals surface area contributed by atoms with E-state index in [1.165, 1.54) is 18.6 Å². The van der Waals surface area contributed by atoms with Gasteiger partial charge in [0.1, 0.15) is 17.2 Å². The van der Waals surface area contributed by atoms with Gasteiger partial charge in [0.05, 0.1) is 0 Å². The Kier molecular flexibility index (Phi) is 3.54. The van der Waals surface area contributed by atoms with Crippen molar-refractivity contribution in [3.63, 3.8) is 0 Å². The van der Waals surface area contributed by atoms with Crippen LogP contribution in [0.3, 0.4) is 0 Å². The summed E-state index contributed by atoms with van der Waals surface area (Å²) < 4.78 is 26.9. The van der Waals surface area contributed by atoms with Gasteiger partial charge >= 0.3 is 0 Å². The molecule has 1 N–H and O–H groups in total. The Morgan fingerprint density at radius 3 is 2.24 bits per heavy atom. The predicted octanol–water partition coefficient (Wildman–Crippen LogP) is 4.49. The van der Waals surface area contributed by atoms with Crippen LogP contribution in [0.15, 0.2) is 42.5 Å². The van der Waals surface area contributed by atoms with Gasteiger partial charge in [-0.3, -0.25) is 0 Å². The fourth-order valence-corrected chi connectivity index (χ4v) is 3.01. The van der Waals surface area contributed by atoms with Gasteiger partial charge in [0.2, 0.25) is 0 Å². The lowest BCUT2D eigenvalue weighted by Gasteiger charge is -2.33. The van der Waals surface area contributed by atoms with Crippen molar-refractivity contribution in [3.8, 4) is 0 Å². The number of halogens is 2. The first kappa shape index (κ1) is 14.2. The summed E-state index contributed by atoms with van der Waals surface area (Å²) in [7, 11) is 0. The molecule has 0 saturated heterocycles. The van der Waals surface area contributed by atoms with E-state index in [4.69, 9.17) is 0 Å². The van der Waals surface area contributed by atoms with E-state index in [0.717, 1.165) is 30.0 Å². The van der Waals surface area contributed by atoms with Crippen molar-refractivity contribution in [1.29, 1.82) is 0 Å². The third-order valence-electron chi connectivity index (χ3n) is 4.45. The van der Waals surface area contributed by atoms with Gasteiger partial charge in [-0.1, -0.05) is 30.7 Å². The SMILES string of the molecule is CC(O)(c1cc(F)cc(F)c1)c1ccccc1C1CCC1.